The fourth-order valence-electron chi connectivity index (χ4n) is 3.81. The molecule has 1 saturated heterocycles. The molecule has 0 N–H and O–H groups in total. The van der Waals surface area contributed by atoms with Crippen LogP contribution in [0.15, 0.2) is 23.0 Å². The monoisotopic (exact) mass is 373 g/mol. The number of halogens is 2. The minimum atomic E-state index is -0.620. The van der Waals surface area contributed by atoms with E-state index < -0.39 is 5.82 Å². The molecule has 5 rings (SSSR count). The molecule has 2 aliphatic heterocycles. The summed E-state index contributed by atoms with van der Waals surface area (Å²) < 4.78 is 21.1. The number of rotatable bonds is 1. The average Bonchev–Trinajstić information content (AvgIpc) is 3.33. The Bertz CT molecular complexity index is 1060. The summed E-state index contributed by atoms with van der Waals surface area (Å²) in [6.45, 7) is 2.30. The van der Waals surface area contributed by atoms with Crippen molar-refractivity contribution in [3.63, 3.8) is 0 Å². The zero-order valence-electron chi connectivity index (χ0n) is 13.7. The van der Waals surface area contributed by atoms with Gasteiger partial charge in [-0.1, -0.05) is 16.8 Å². The lowest BCUT2D eigenvalue weighted by Gasteiger charge is -2.22. The first kappa shape index (κ1) is 15.5. The number of benzene rings is 1. The molecule has 0 unspecified atom stereocenters. The quantitative estimate of drug-likeness (QED) is 0.654. The van der Waals surface area contributed by atoms with Gasteiger partial charge in [0.2, 0.25) is 0 Å². The number of nitrogens with zero attached hydrogens (tertiary/aromatic N) is 5. The van der Waals surface area contributed by atoms with Gasteiger partial charge in [-0.3, -0.25) is 9.36 Å². The summed E-state index contributed by atoms with van der Waals surface area (Å²) in [6, 6.07) is 2.59. The van der Waals surface area contributed by atoms with E-state index in [1.165, 1.54) is 6.07 Å². The lowest BCUT2D eigenvalue weighted by molar-refractivity contribution is 0.0738. The summed E-state index contributed by atoms with van der Waals surface area (Å²) in [5, 5.41) is 3.66. The van der Waals surface area contributed by atoms with Crippen LogP contribution < -0.4 is 0 Å². The van der Waals surface area contributed by atoms with Crippen LogP contribution in [-0.4, -0.2) is 37.0 Å². The average molecular weight is 374 g/mol. The maximum atomic E-state index is 14.0. The third-order valence-corrected chi connectivity index (χ3v) is 5.28. The van der Waals surface area contributed by atoms with Crippen molar-refractivity contribution in [3.8, 4) is 17.3 Å². The third-order valence-electron chi connectivity index (χ3n) is 4.91. The molecule has 9 heteroatoms. The number of aryl methyl sites for hydroxylation is 1. The van der Waals surface area contributed by atoms with E-state index in [9.17, 15) is 9.18 Å². The Morgan fingerprint density at radius 3 is 3.00 bits per heavy atom. The number of carbonyl (C=O) groups is 1. The van der Waals surface area contributed by atoms with Crippen LogP contribution in [0.25, 0.3) is 17.3 Å². The van der Waals surface area contributed by atoms with Crippen LogP contribution in [0, 0.1) is 12.7 Å². The van der Waals surface area contributed by atoms with Gasteiger partial charge in [0.1, 0.15) is 12.1 Å². The zero-order valence-corrected chi connectivity index (χ0v) is 14.5. The second-order valence-corrected chi connectivity index (χ2v) is 6.79. The van der Waals surface area contributed by atoms with Crippen molar-refractivity contribution < 1.29 is 13.7 Å². The van der Waals surface area contributed by atoms with Gasteiger partial charge >= 0.3 is 0 Å². The summed E-state index contributed by atoms with van der Waals surface area (Å²) in [6.07, 6.45) is 3.20. The van der Waals surface area contributed by atoms with Crippen LogP contribution in [0.3, 0.4) is 0 Å². The number of imidazole rings is 1. The topological polar surface area (TPSA) is 77.0 Å². The molecule has 1 fully saturated rings. The summed E-state index contributed by atoms with van der Waals surface area (Å²) >= 11 is 6.17. The highest BCUT2D eigenvalue weighted by molar-refractivity contribution is 6.34. The first-order chi connectivity index (χ1) is 12.6. The number of amides is 1. The molecule has 2 aliphatic rings. The van der Waals surface area contributed by atoms with Crippen LogP contribution in [0.5, 0.6) is 0 Å². The van der Waals surface area contributed by atoms with E-state index in [1.54, 1.807) is 28.8 Å². The Kier molecular flexibility index (Phi) is 3.21. The van der Waals surface area contributed by atoms with Gasteiger partial charge in [-0.05, 0) is 31.9 Å². The molecule has 4 heterocycles. The van der Waals surface area contributed by atoms with Crippen LogP contribution in [0.2, 0.25) is 5.02 Å². The number of carbonyl (C=O) groups excluding carboxylic acids is 1. The summed E-state index contributed by atoms with van der Waals surface area (Å²) in [5.41, 5.74) is 1.97. The van der Waals surface area contributed by atoms with Crippen LogP contribution in [-0.2, 0) is 0 Å². The Labute approximate surface area is 152 Å². The smallest absolute Gasteiger partial charge is 0.278 e. The second kappa shape index (κ2) is 5.38. The molecule has 3 aromatic rings. The highest BCUT2D eigenvalue weighted by Gasteiger charge is 2.41. The molecule has 0 bridgehead atoms. The first-order valence-electron chi connectivity index (χ1n) is 8.23. The van der Waals surface area contributed by atoms with Crippen molar-refractivity contribution in [2.75, 3.05) is 6.54 Å². The fraction of sp³-hybridized carbons (Fsp3) is 0.294. The van der Waals surface area contributed by atoms with Gasteiger partial charge in [0.15, 0.2) is 11.5 Å². The van der Waals surface area contributed by atoms with Gasteiger partial charge in [-0.2, -0.15) is 4.98 Å². The Hall–Kier alpha value is -2.74. The minimum absolute atomic E-state index is 0.156. The molecule has 132 valence electrons. The molecule has 7 nitrogen and oxygen atoms in total. The van der Waals surface area contributed by atoms with Crippen molar-refractivity contribution in [1.82, 2.24) is 24.6 Å². The number of fused-ring (bicyclic) bond motifs is 5. The van der Waals surface area contributed by atoms with E-state index in [-0.39, 0.29) is 22.5 Å². The highest BCUT2D eigenvalue weighted by Crippen LogP contribution is 2.43. The Morgan fingerprint density at radius 2 is 2.23 bits per heavy atom. The second-order valence-electron chi connectivity index (χ2n) is 6.41. The number of hydrogen-bond acceptors (Lipinski definition) is 5. The molecule has 26 heavy (non-hydrogen) atoms. The summed E-state index contributed by atoms with van der Waals surface area (Å²) in [4.78, 5) is 23.5. The molecule has 0 radical (unpaired) electrons. The highest BCUT2D eigenvalue weighted by atomic mass is 35.5. The van der Waals surface area contributed by atoms with Gasteiger partial charge in [0, 0.05) is 6.54 Å². The van der Waals surface area contributed by atoms with E-state index in [2.05, 4.69) is 15.1 Å². The van der Waals surface area contributed by atoms with Gasteiger partial charge in [0.25, 0.3) is 11.8 Å². The molecule has 0 saturated carbocycles. The number of hydrogen-bond donors (Lipinski definition) is 0. The van der Waals surface area contributed by atoms with Crippen LogP contribution in [0.1, 0.15) is 40.8 Å². The largest absolute Gasteiger partial charge is 0.332 e. The third kappa shape index (κ3) is 1.99. The lowest BCUT2D eigenvalue weighted by atomic mass is 10.1. The standard InChI is InChI=1S/C17H13ClFN5O2/c1-8-21-16(26-22-8)14-15-11-3-2-6-23(11)17(25)12-10(24(15)7-20-14)5-4-9(19)13(12)18/h4-5,7,11H,2-3,6H2,1H3/t11-/m0/s1. The van der Waals surface area contributed by atoms with Crippen molar-refractivity contribution in [1.29, 1.82) is 0 Å². The van der Waals surface area contributed by atoms with Gasteiger partial charge < -0.3 is 9.42 Å². The van der Waals surface area contributed by atoms with Crippen molar-refractivity contribution in [2.24, 2.45) is 0 Å². The first-order valence-corrected chi connectivity index (χ1v) is 8.61. The molecule has 1 aromatic carbocycles. The van der Waals surface area contributed by atoms with E-state index in [0.717, 1.165) is 18.5 Å². The van der Waals surface area contributed by atoms with Crippen molar-refractivity contribution >= 4 is 17.5 Å². The van der Waals surface area contributed by atoms with Gasteiger partial charge in [-0.15, -0.1) is 0 Å². The summed E-state index contributed by atoms with van der Waals surface area (Å²) in [7, 11) is 0. The maximum absolute atomic E-state index is 14.0. The van der Waals surface area contributed by atoms with Crippen molar-refractivity contribution in [3.05, 3.63) is 46.4 Å². The molecule has 0 aliphatic carbocycles. The molecule has 2 aromatic heterocycles. The molecular formula is C17H13ClFN5O2. The lowest BCUT2D eigenvalue weighted by Crippen LogP contribution is -2.30. The summed E-state index contributed by atoms with van der Waals surface area (Å²) in [5.74, 6) is -0.0957. The normalized spacial score (nSPS) is 18.5. The van der Waals surface area contributed by atoms with Crippen LogP contribution in [0.4, 0.5) is 4.39 Å². The minimum Gasteiger partial charge on any atom is -0.332 e. The Balaban J connectivity index is 1.83. The predicted octanol–water partition coefficient (Wildman–Crippen LogP) is 3.31. The Morgan fingerprint density at radius 1 is 1.38 bits per heavy atom. The van der Waals surface area contributed by atoms with E-state index >= 15 is 0 Å². The predicted molar refractivity (Wildman–Crippen MR) is 89.6 cm³/mol. The van der Waals surface area contributed by atoms with Gasteiger partial charge in [0.05, 0.1) is 28.0 Å². The van der Waals surface area contributed by atoms with E-state index in [4.69, 9.17) is 16.1 Å². The molecular weight excluding hydrogens is 361 g/mol. The van der Waals surface area contributed by atoms with Crippen molar-refractivity contribution in [2.45, 2.75) is 25.8 Å². The SMILES string of the molecule is Cc1noc(-c2ncn3c2[C@@H]2CCCN2C(=O)c2c-3ccc(F)c2Cl)n1. The molecule has 1 amide bonds. The van der Waals surface area contributed by atoms with Crippen LogP contribution >= 0.6 is 11.6 Å². The molecule has 0 spiro atoms. The molecule has 1 atom stereocenters. The van der Waals surface area contributed by atoms with E-state index in [1.807, 2.05) is 0 Å². The van der Waals surface area contributed by atoms with E-state index in [0.29, 0.717) is 29.6 Å². The fourth-order valence-corrected chi connectivity index (χ4v) is 4.05. The number of aromatic nitrogens is 4. The maximum Gasteiger partial charge on any atom is 0.278 e. The van der Waals surface area contributed by atoms with Gasteiger partial charge in [-0.25, -0.2) is 9.37 Å². The zero-order chi connectivity index (χ0) is 18.0.